The molecule has 1 fully saturated rings. The van der Waals surface area contributed by atoms with Crippen LogP contribution in [-0.4, -0.2) is 5.78 Å². The molecule has 68 valence electrons. The van der Waals surface area contributed by atoms with Gasteiger partial charge in [-0.2, -0.15) is 0 Å². The van der Waals surface area contributed by atoms with Crippen LogP contribution in [-0.2, 0) is 4.79 Å². The van der Waals surface area contributed by atoms with Gasteiger partial charge in [-0.1, -0.05) is 19.9 Å². The molecule has 0 radical (unpaired) electrons. The van der Waals surface area contributed by atoms with Gasteiger partial charge in [0.05, 0.1) is 0 Å². The molecule has 0 spiro atoms. The Morgan fingerprint density at radius 3 is 2.83 bits per heavy atom. The van der Waals surface area contributed by atoms with Gasteiger partial charge in [-0.3, -0.25) is 4.79 Å². The van der Waals surface area contributed by atoms with Crippen LogP contribution in [0.2, 0.25) is 0 Å². The predicted octanol–water partition coefficient (Wildman–Crippen LogP) is 2.81. The number of hydrogen-bond donors (Lipinski definition) is 0. The summed E-state index contributed by atoms with van der Waals surface area (Å²) < 4.78 is 0. The van der Waals surface area contributed by atoms with E-state index in [9.17, 15) is 4.79 Å². The molecule has 2 atom stereocenters. The van der Waals surface area contributed by atoms with Crippen molar-refractivity contribution in [2.24, 2.45) is 17.8 Å². The average molecular weight is 166 g/mol. The van der Waals surface area contributed by atoms with Crippen LogP contribution in [0.25, 0.3) is 0 Å². The topological polar surface area (TPSA) is 17.1 Å². The van der Waals surface area contributed by atoms with Crippen LogP contribution in [0.1, 0.15) is 33.1 Å². The summed E-state index contributed by atoms with van der Waals surface area (Å²) in [5.41, 5.74) is 0. The van der Waals surface area contributed by atoms with Crippen molar-refractivity contribution in [1.82, 2.24) is 0 Å². The molecule has 0 bridgehead atoms. The Hall–Kier alpha value is -0.590. The van der Waals surface area contributed by atoms with Gasteiger partial charge in [-0.25, -0.2) is 0 Å². The smallest absolute Gasteiger partial charge is 0.136 e. The van der Waals surface area contributed by atoms with E-state index in [4.69, 9.17) is 0 Å². The number of ketones is 1. The number of carbonyl (C=O) groups excluding carboxylic acids is 1. The second-order valence-electron chi connectivity index (χ2n) is 4.04. The first-order valence-electron chi connectivity index (χ1n) is 4.80. The van der Waals surface area contributed by atoms with Gasteiger partial charge in [0.25, 0.3) is 0 Å². The zero-order valence-electron chi connectivity index (χ0n) is 8.05. The lowest BCUT2D eigenvalue weighted by atomic mass is 9.84. The van der Waals surface area contributed by atoms with Crippen molar-refractivity contribution in [2.45, 2.75) is 33.1 Å². The van der Waals surface area contributed by atoms with Gasteiger partial charge < -0.3 is 0 Å². The Kier molecular flexibility index (Phi) is 3.07. The van der Waals surface area contributed by atoms with Crippen molar-refractivity contribution < 1.29 is 4.79 Å². The third kappa shape index (κ3) is 1.77. The first-order valence-corrected chi connectivity index (χ1v) is 4.80. The molecule has 0 aromatic rings. The molecule has 1 saturated carbocycles. The van der Waals surface area contributed by atoms with Crippen molar-refractivity contribution in [2.75, 3.05) is 0 Å². The highest BCUT2D eigenvalue weighted by Gasteiger charge is 2.34. The van der Waals surface area contributed by atoms with Gasteiger partial charge in [0.1, 0.15) is 5.78 Å². The van der Waals surface area contributed by atoms with Crippen LogP contribution in [0.5, 0.6) is 0 Å². The molecule has 0 amide bonds. The van der Waals surface area contributed by atoms with E-state index in [1.807, 2.05) is 6.08 Å². The molecule has 1 aliphatic rings. The molecule has 0 aromatic carbocycles. The maximum Gasteiger partial charge on any atom is 0.136 e. The van der Waals surface area contributed by atoms with Crippen LogP contribution in [0.15, 0.2) is 12.7 Å². The van der Waals surface area contributed by atoms with E-state index in [0.717, 1.165) is 19.3 Å². The Balaban J connectivity index is 2.63. The van der Waals surface area contributed by atoms with Crippen molar-refractivity contribution in [3.8, 4) is 0 Å². The highest BCUT2D eigenvalue weighted by molar-refractivity contribution is 5.83. The number of carbonyl (C=O) groups is 1. The fraction of sp³-hybridized carbons (Fsp3) is 0.727. The highest BCUT2D eigenvalue weighted by Crippen LogP contribution is 2.36. The molecular formula is C11H18O. The van der Waals surface area contributed by atoms with Crippen LogP contribution in [0.3, 0.4) is 0 Å². The molecule has 12 heavy (non-hydrogen) atoms. The lowest BCUT2D eigenvalue weighted by molar-refractivity contribution is -0.121. The number of Topliss-reactive ketones (excluding diaryl/α,β-unsaturated/α-hetero) is 1. The lowest BCUT2D eigenvalue weighted by Crippen LogP contribution is -2.18. The minimum Gasteiger partial charge on any atom is -0.299 e. The fourth-order valence-corrected chi connectivity index (χ4v) is 2.22. The average Bonchev–Trinajstić information content (AvgIpc) is 2.34. The minimum atomic E-state index is 0.280. The first kappa shape index (κ1) is 9.50. The molecular weight excluding hydrogens is 148 g/mol. The zero-order valence-corrected chi connectivity index (χ0v) is 8.05. The highest BCUT2D eigenvalue weighted by atomic mass is 16.1. The van der Waals surface area contributed by atoms with Gasteiger partial charge in [0.2, 0.25) is 0 Å². The van der Waals surface area contributed by atoms with Gasteiger partial charge in [0, 0.05) is 12.3 Å². The SMILES string of the molecule is C=CC[C@@H]1C(=O)CC[C@H]1C(C)C. The molecule has 0 unspecified atom stereocenters. The van der Waals surface area contributed by atoms with Crippen LogP contribution >= 0.6 is 0 Å². The monoisotopic (exact) mass is 166 g/mol. The van der Waals surface area contributed by atoms with E-state index in [1.165, 1.54) is 0 Å². The maximum absolute atomic E-state index is 11.4. The summed E-state index contributed by atoms with van der Waals surface area (Å²) in [5, 5.41) is 0. The Morgan fingerprint density at radius 1 is 1.67 bits per heavy atom. The first-order chi connectivity index (χ1) is 5.66. The van der Waals surface area contributed by atoms with Gasteiger partial charge in [0.15, 0.2) is 0 Å². The molecule has 0 heterocycles. The summed E-state index contributed by atoms with van der Waals surface area (Å²) in [6, 6.07) is 0. The van der Waals surface area contributed by atoms with Crippen LogP contribution in [0.4, 0.5) is 0 Å². The molecule has 1 nitrogen and oxygen atoms in total. The number of allylic oxidation sites excluding steroid dienone is 1. The lowest BCUT2D eigenvalue weighted by Gasteiger charge is -2.20. The Morgan fingerprint density at radius 2 is 2.33 bits per heavy atom. The Labute approximate surface area is 74.9 Å². The fourth-order valence-electron chi connectivity index (χ4n) is 2.22. The van der Waals surface area contributed by atoms with E-state index < -0.39 is 0 Å². The van der Waals surface area contributed by atoms with E-state index in [-0.39, 0.29) is 5.92 Å². The summed E-state index contributed by atoms with van der Waals surface area (Å²) in [6.07, 6.45) is 4.64. The zero-order chi connectivity index (χ0) is 9.14. The summed E-state index contributed by atoms with van der Waals surface area (Å²) in [7, 11) is 0. The number of hydrogen-bond acceptors (Lipinski definition) is 1. The molecule has 0 aliphatic heterocycles. The van der Waals surface area contributed by atoms with Crippen molar-refractivity contribution in [3.05, 3.63) is 12.7 Å². The number of rotatable bonds is 3. The summed E-state index contributed by atoms with van der Waals surface area (Å²) >= 11 is 0. The van der Waals surface area contributed by atoms with Crippen molar-refractivity contribution >= 4 is 5.78 Å². The van der Waals surface area contributed by atoms with Crippen molar-refractivity contribution in [3.63, 3.8) is 0 Å². The van der Waals surface area contributed by atoms with Crippen LogP contribution in [0, 0.1) is 17.8 Å². The molecule has 1 aliphatic carbocycles. The quantitative estimate of drug-likeness (QED) is 0.589. The largest absolute Gasteiger partial charge is 0.299 e. The van der Waals surface area contributed by atoms with Gasteiger partial charge >= 0.3 is 0 Å². The molecule has 0 N–H and O–H groups in total. The van der Waals surface area contributed by atoms with Crippen molar-refractivity contribution in [1.29, 1.82) is 0 Å². The second kappa shape index (κ2) is 3.88. The van der Waals surface area contributed by atoms with Crippen LogP contribution < -0.4 is 0 Å². The third-order valence-electron chi connectivity index (χ3n) is 2.93. The molecule has 0 aromatic heterocycles. The minimum absolute atomic E-state index is 0.280. The standard InChI is InChI=1S/C11H18O/c1-4-5-10-9(8(2)3)6-7-11(10)12/h4,8-10H,1,5-7H2,2-3H3/t9-,10-/m0/s1. The van der Waals surface area contributed by atoms with E-state index >= 15 is 0 Å². The van der Waals surface area contributed by atoms with E-state index in [2.05, 4.69) is 20.4 Å². The third-order valence-corrected chi connectivity index (χ3v) is 2.93. The maximum atomic E-state index is 11.4. The predicted molar refractivity (Wildman–Crippen MR) is 50.9 cm³/mol. The second-order valence-corrected chi connectivity index (χ2v) is 4.04. The van der Waals surface area contributed by atoms with Gasteiger partial charge in [-0.15, -0.1) is 6.58 Å². The summed E-state index contributed by atoms with van der Waals surface area (Å²) in [5.74, 6) is 1.98. The van der Waals surface area contributed by atoms with Gasteiger partial charge in [-0.05, 0) is 24.7 Å². The molecule has 1 heteroatoms. The summed E-state index contributed by atoms with van der Waals surface area (Å²) in [6.45, 7) is 8.12. The Bertz CT molecular complexity index is 181. The molecule has 1 rings (SSSR count). The normalized spacial score (nSPS) is 29.8. The molecule has 0 saturated heterocycles. The van der Waals surface area contributed by atoms with E-state index in [1.54, 1.807) is 0 Å². The van der Waals surface area contributed by atoms with E-state index in [0.29, 0.717) is 17.6 Å². The summed E-state index contributed by atoms with van der Waals surface area (Å²) in [4.78, 5) is 11.4.